The van der Waals surface area contributed by atoms with Gasteiger partial charge < -0.3 is 24.6 Å². The van der Waals surface area contributed by atoms with Crippen molar-refractivity contribution in [1.82, 2.24) is 10.3 Å². The number of nitrogens with one attached hydrogen (secondary N) is 1. The summed E-state index contributed by atoms with van der Waals surface area (Å²) in [6.45, 7) is 3.89. The summed E-state index contributed by atoms with van der Waals surface area (Å²) in [5.74, 6) is -0.203. The molecule has 0 bridgehead atoms. The molecule has 2 N–H and O–H groups in total. The number of hydrogen-bond donors (Lipinski definition) is 2. The third-order valence-electron chi connectivity index (χ3n) is 3.52. The Bertz CT molecular complexity index is 634. The fourth-order valence-corrected chi connectivity index (χ4v) is 2.63. The summed E-state index contributed by atoms with van der Waals surface area (Å²) in [5, 5.41) is 12.2. The van der Waals surface area contributed by atoms with Crippen LogP contribution in [0.1, 0.15) is 45.0 Å². The number of aliphatic hydroxyl groups is 1. The third kappa shape index (κ3) is 5.77. The van der Waals surface area contributed by atoms with Crippen LogP contribution in [-0.2, 0) is 15.9 Å². The number of amides is 1. The van der Waals surface area contributed by atoms with E-state index in [4.69, 9.17) is 9.47 Å². The van der Waals surface area contributed by atoms with Crippen molar-refractivity contribution < 1.29 is 32.9 Å². The van der Waals surface area contributed by atoms with E-state index in [0.717, 1.165) is 0 Å². The molecule has 0 unspecified atom stereocenters. The standard InChI is InChI=1S/C17H24F2N2O5/c1-9(22)8-24-12-7-11-10(5-6-13(20-11)25-15(18)19)14(12)21-16(23)26-17(2,3)4/h5-6,9,12,14-15,22H,7-8H2,1-4H3,(H,21,23)/t9-,12+,14-/m0/s1. The average Bonchev–Trinajstić information content (AvgIpc) is 2.79. The van der Waals surface area contributed by atoms with Crippen LogP contribution in [0.2, 0.25) is 0 Å². The predicted molar refractivity (Wildman–Crippen MR) is 88.1 cm³/mol. The molecule has 7 nitrogen and oxygen atoms in total. The van der Waals surface area contributed by atoms with Gasteiger partial charge in [-0.15, -0.1) is 0 Å². The molecule has 1 aliphatic rings. The second-order valence-electron chi connectivity index (χ2n) is 7.11. The van der Waals surface area contributed by atoms with Crippen LogP contribution in [0.5, 0.6) is 5.88 Å². The minimum absolute atomic E-state index is 0.0611. The Labute approximate surface area is 150 Å². The van der Waals surface area contributed by atoms with E-state index in [1.54, 1.807) is 33.8 Å². The summed E-state index contributed by atoms with van der Waals surface area (Å²) in [6.07, 6.45) is -1.55. The van der Waals surface area contributed by atoms with E-state index in [1.807, 2.05) is 0 Å². The molecular formula is C17H24F2N2O5. The van der Waals surface area contributed by atoms with Gasteiger partial charge in [-0.2, -0.15) is 8.78 Å². The van der Waals surface area contributed by atoms with Crippen LogP contribution in [0.15, 0.2) is 12.1 Å². The summed E-state index contributed by atoms with van der Waals surface area (Å²) < 4.78 is 40.0. The second kappa shape index (κ2) is 8.13. The van der Waals surface area contributed by atoms with E-state index in [2.05, 4.69) is 15.0 Å². The van der Waals surface area contributed by atoms with E-state index in [9.17, 15) is 18.7 Å². The number of aliphatic hydroxyl groups excluding tert-OH is 1. The summed E-state index contributed by atoms with van der Waals surface area (Å²) in [6, 6.07) is 2.30. The van der Waals surface area contributed by atoms with Crippen molar-refractivity contribution in [3.05, 3.63) is 23.4 Å². The van der Waals surface area contributed by atoms with E-state index >= 15 is 0 Å². The molecule has 9 heteroatoms. The topological polar surface area (TPSA) is 89.9 Å². The highest BCUT2D eigenvalue weighted by molar-refractivity contribution is 5.69. The van der Waals surface area contributed by atoms with Crippen molar-refractivity contribution in [2.75, 3.05) is 6.61 Å². The van der Waals surface area contributed by atoms with Crippen LogP contribution in [0.4, 0.5) is 13.6 Å². The molecule has 0 saturated heterocycles. The molecule has 0 radical (unpaired) electrons. The Balaban J connectivity index is 2.19. The van der Waals surface area contributed by atoms with Gasteiger partial charge in [0.25, 0.3) is 0 Å². The zero-order chi connectivity index (χ0) is 19.5. The molecule has 0 aromatic carbocycles. The number of fused-ring (bicyclic) bond motifs is 1. The minimum Gasteiger partial charge on any atom is -0.444 e. The van der Waals surface area contributed by atoms with Crippen LogP contribution in [0.3, 0.4) is 0 Å². The molecule has 0 saturated carbocycles. The average molecular weight is 374 g/mol. The molecular weight excluding hydrogens is 350 g/mol. The number of alkyl carbamates (subject to hydrolysis) is 1. The Kier molecular flexibility index (Phi) is 6.35. The van der Waals surface area contributed by atoms with Gasteiger partial charge in [-0.3, -0.25) is 0 Å². The summed E-state index contributed by atoms with van der Waals surface area (Å²) >= 11 is 0. The Hall–Kier alpha value is -2.00. The number of nitrogens with zero attached hydrogens (tertiary/aromatic N) is 1. The lowest BCUT2D eigenvalue weighted by Gasteiger charge is -2.25. The van der Waals surface area contributed by atoms with Gasteiger partial charge in [0.15, 0.2) is 0 Å². The molecule has 146 valence electrons. The number of alkyl halides is 2. The molecule has 3 atom stereocenters. The maximum absolute atomic E-state index is 12.4. The molecule has 2 rings (SSSR count). The number of pyridine rings is 1. The second-order valence-corrected chi connectivity index (χ2v) is 7.11. The van der Waals surface area contributed by atoms with Gasteiger partial charge in [0.1, 0.15) is 5.60 Å². The molecule has 0 fully saturated rings. The van der Waals surface area contributed by atoms with Crippen LogP contribution < -0.4 is 10.1 Å². The highest BCUT2D eigenvalue weighted by atomic mass is 19.3. The summed E-state index contributed by atoms with van der Waals surface area (Å²) in [7, 11) is 0. The molecule has 1 aliphatic carbocycles. The van der Waals surface area contributed by atoms with Crippen LogP contribution >= 0.6 is 0 Å². The number of carbonyl (C=O) groups is 1. The Morgan fingerprint density at radius 2 is 2.12 bits per heavy atom. The first-order valence-electron chi connectivity index (χ1n) is 8.29. The summed E-state index contributed by atoms with van der Waals surface area (Å²) in [4.78, 5) is 16.2. The highest BCUT2D eigenvalue weighted by Crippen LogP contribution is 2.34. The van der Waals surface area contributed by atoms with Gasteiger partial charge >= 0.3 is 12.7 Å². The van der Waals surface area contributed by atoms with E-state index in [1.165, 1.54) is 6.07 Å². The third-order valence-corrected chi connectivity index (χ3v) is 3.52. The lowest BCUT2D eigenvalue weighted by Crippen LogP contribution is -2.39. The van der Waals surface area contributed by atoms with Gasteiger partial charge in [-0.1, -0.05) is 0 Å². The quantitative estimate of drug-likeness (QED) is 0.795. The molecule has 0 spiro atoms. The van der Waals surface area contributed by atoms with Crippen molar-refractivity contribution in [1.29, 1.82) is 0 Å². The number of hydrogen-bond acceptors (Lipinski definition) is 6. The molecule has 26 heavy (non-hydrogen) atoms. The predicted octanol–water partition coefficient (Wildman–Crippen LogP) is 2.57. The lowest BCUT2D eigenvalue weighted by molar-refractivity contribution is -0.0530. The monoisotopic (exact) mass is 374 g/mol. The first kappa shape index (κ1) is 20.3. The van der Waals surface area contributed by atoms with Crippen molar-refractivity contribution in [3.63, 3.8) is 0 Å². The number of halogens is 2. The van der Waals surface area contributed by atoms with Crippen molar-refractivity contribution in [2.24, 2.45) is 0 Å². The van der Waals surface area contributed by atoms with E-state index in [0.29, 0.717) is 11.3 Å². The Morgan fingerprint density at radius 3 is 2.69 bits per heavy atom. The number of carbonyl (C=O) groups excluding carboxylic acids is 1. The van der Waals surface area contributed by atoms with Crippen molar-refractivity contribution in [3.8, 4) is 5.88 Å². The number of aromatic nitrogens is 1. The van der Waals surface area contributed by atoms with Crippen LogP contribution in [-0.4, -0.2) is 47.2 Å². The number of ether oxygens (including phenoxy) is 3. The first-order valence-corrected chi connectivity index (χ1v) is 8.29. The smallest absolute Gasteiger partial charge is 0.408 e. The fourth-order valence-electron chi connectivity index (χ4n) is 2.63. The van der Waals surface area contributed by atoms with Gasteiger partial charge in [-0.25, -0.2) is 9.78 Å². The lowest BCUT2D eigenvalue weighted by atomic mass is 10.1. The van der Waals surface area contributed by atoms with Crippen LogP contribution in [0.25, 0.3) is 0 Å². The molecule has 1 aromatic heterocycles. The zero-order valence-corrected chi connectivity index (χ0v) is 15.2. The van der Waals surface area contributed by atoms with Crippen molar-refractivity contribution >= 4 is 6.09 Å². The largest absolute Gasteiger partial charge is 0.444 e. The van der Waals surface area contributed by atoms with E-state index < -0.39 is 36.6 Å². The maximum Gasteiger partial charge on any atom is 0.408 e. The zero-order valence-electron chi connectivity index (χ0n) is 15.2. The van der Waals surface area contributed by atoms with Gasteiger partial charge in [0, 0.05) is 12.5 Å². The van der Waals surface area contributed by atoms with Gasteiger partial charge in [0.2, 0.25) is 5.88 Å². The molecule has 0 aliphatic heterocycles. The number of rotatable bonds is 6. The summed E-state index contributed by atoms with van der Waals surface area (Å²) in [5.41, 5.74) is 0.446. The highest BCUT2D eigenvalue weighted by Gasteiger charge is 2.37. The van der Waals surface area contributed by atoms with Crippen LogP contribution in [0, 0.1) is 0 Å². The van der Waals surface area contributed by atoms with Gasteiger partial charge in [-0.05, 0) is 39.3 Å². The normalized spacial score (nSPS) is 20.6. The maximum atomic E-state index is 12.4. The first-order chi connectivity index (χ1) is 12.0. The van der Waals surface area contributed by atoms with E-state index in [-0.39, 0.29) is 18.9 Å². The minimum atomic E-state index is -2.97. The Morgan fingerprint density at radius 1 is 1.42 bits per heavy atom. The molecule has 1 heterocycles. The molecule has 1 amide bonds. The SMILES string of the molecule is C[C@H](O)CO[C@@H]1Cc2nc(OC(F)F)ccc2[C@@H]1NC(=O)OC(C)(C)C. The van der Waals surface area contributed by atoms with Gasteiger partial charge in [0.05, 0.1) is 30.6 Å². The fraction of sp³-hybridized carbons (Fsp3) is 0.647. The molecule has 1 aromatic rings. The van der Waals surface area contributed by atoms with Crippen molar-refractivity contribution in [2.45, 2.75) is 64.6 Å².